The minimum atomic E-state index is -4.36. The predicted octanol–water partition coefficient (Wildman–Crippen LogP) is 6.74. The van der Waals surface area contributed by atoms with Crippen LogP contribution < -0.4 is 14.4 Å². The van der Waals surface area contributed by atoms with Crippen molar-refractivity contribution >= 4 is 43.5 Å². The number of rotatable bonds is 15. The molecule has 2 amide bonds. The van der Waals surface area contributed by atoms with Gasteiger partial charge in [-0.25, -0.2) is 12.8 Å². The zero-order chi connectivity index (χ0) is 34.0. The zero-order valence-electron chi connectivity index (χ0n) is 26.6. The van der Waals surface area contributed by atoms with Gasteiger partial charge in [0.2, 0.25) is 11.8 Å². The molecule has 8 nitrogen and oxygen atoms in total. The van der Waals surface area contributed by atoms with Gasteiger partial charge in [-0.05, 0) is 92.1 Å². The molecule has 0 radical (unpaired) electrons. The van der Waals surface area contributed by atoms with Gasteiger partial charge in [-0.3, -0.25) is 13.9 Å². The summed E-state index contributed by atoms with van der Waals surface area (Å²) < 4.78 is 49.3. The fraction of sp³-hybridized carbons (Fsp3) is 0.278. The molecule has 0 bridgehead atoms. The number of carbonyl (C=O) groups excluding carboxylic acids is 2. The van der Waals surface area contributed by atoms with Gasteiger partial charge in [0, 0.05) is 23.5 Å². The molecule has 4 aromatic carbocycles. The summed E-state index contributed by atoms with van der Waals surface area (Å²) in [5.41, 5.74) is 1.79. The summed E-state index contributed by atoms with van der Waals surface area (Å²) in [6.07, 6.45) is 0.890. The van der Waals surface area contributed by atoms with E-state index in [1.165, 1.54) is 4.90 Å². The Balaban J connectivity index is 1.81. The minimum Gasteiger partial charge on any atom is -0.494 e. The number of anilines is 1. The lowest BCUT2D eigenvalue weighted by Gasteiger charge is -2.34. The number of benzene rings is 4. The maximum atomic E-state index is 14.6. The van der Waals surface area contributed by atoms with Crippen LogP contribution >= 0.6 is 15.9 Å². The molecule has 1 N–H and O–H groups in total. The average Bonchev–Trinajstić information content (AvgIpc) is 3.06. The van der Waals surface area contributed by atoms with Crippen LogP contribution in [0.5, 0.6) is 5.75 Å². The summed E-state index contributed by atoms with van der Waals surface area (Å²) in [5.74, 6) is -1.00. The number of carbonyl (C=O) groups is 2. The smallest absolute Gasteiger partial charge is 0.264 e. The summed E-state index contributed by atoms with van der Waals surface area (Å²) in [4.78, 5) is 29.7. The van der Waals surface area contributed by atoms with E-state index in [-0.39, 0.29) is 35.5 Å². The Morgan fingerprint density at radius 2 is 1.55 bits per heavy atom. The van der Waals surface area contributed by atoms with Crippen molar-refractivity contribution in [3.63, 3.8) is 0 Å². The Morgan fingerprint density at radius 1 is 0.894 bits per heavy atom. The first-order chi connectivity index (χ1) is 22.5. The van der Waals surface area contributed by atoms with Crippen LogP contribution in [0.3, 0.4) is 0 Å². The molecule has 0 saturated heterocycles. The van der Waals surface area contributed by atoms with Crippen molar-refractivity contribution < 1.29 is 27.1 Å². The van der Waals surface area contributed by atoms with Crippen molar-refractivity contribution in [3.05, 3.63) is 125 Å². The molecule has 2 atom stereocenters. The van der Waals surface area contributed by atoms with Crippen molar-refractivity contribution in [2.45, 2.75) is 57.1 Å². The van der Waals surface area contributed by atoms with Gasteiger partial charge in [0.1, 0.15) is 24.2 Å². The van der Waals surface area contributed by atoms with E-state index in [2.05, 4.69) is 21.2 Å². The first-order valence-electron chi connectivity index (χ1n) is 15.4. The quantitative estimate of drug-likeness (QED) is 0.147. The Morgan fingerprint density at radius 3 is 2.17 bits per heavy atom. The van der Waals surface area contributed by atoms with Gasteiger partial charge in [0.05, 0.1) is 17.2 Å². The van der Waals surface area contributed by atoms with Gasteiger partial charge < -0.3 is 15.0 Å². The molecule has 0 aliphatic carbocycles. The van der Waals surface area contributed by atoms with Crippen molar-refractivity contribution in [2.24, 2.45) is 0 Å². The molecule has 0 aromatic heterocycles. The SMILES string of the molecule is CCOc1ccc(N(CC(=O)N(Cc2cccc(Br)c2)C(Cc2ccccc2)C(=O)NC(C)CC)S(=O)(=O)c2ccc(F)cc2)cc1. The summed E-state index contributed by atoms with van der Waals surface area (Å²) in [6.45, 7) is 5.51. The normalized spacial score (nSPS) is 12.5. The third-order valence-electron chi connectivity index (χ3n) is 7.63. The highest BCUT2D eigenvalue weighted by Gasteiger charge is 2.35. The van der Waals surface area contributed by atoms with Crippen LogP contribution in [-0.2, 0) is 32.6 Å². The van der Waals surface area contributed by atoms with E-state index in [1.807, 2.05) is 75.4 Å². The molecule has 0 saturated carbocycles. The first kappa shape index (κ1) is 35.6. The lowest BCUT2D eigenvalue weighted by molar-refractivity contribution is -0.140. The first-order valence-corrected chi connectivity index (χ1v) is 17.6. The number of sulfonamides is 1. The van der Waals surface area contributed by atoms with E-state index in [0.29, 0.717) is 18.8 Å². The van der Waals surface area contributed by atoms with Crippen LogP contribution in [0.2, 0.25) is 0 Å². The summed E-state index contributed by atoms with van der Waals surface area (Å²) in [5, 5.41) is 3.02. The number of nitrogens with zero attached hydrogens (tertiary/aromatic N) is 2. The topological polar surface area (TPSA) is 96.0 Å². The van der Waals surface area contributed by atoms with E-state index in [0.717, 1.165) is 44.2 Å². The monoisotopic (exact) mass is 723 g/mol. The highest BCUT2D eigenvalue weighted by molar-refractivity contribution is 9.10. The van der Waals surface area contributed by atoms with E-state index >= 15 is 0 Å². The molecule has 47 heavy (non-hydrogen) atoms. The fourth-order valence-corrected chi connectivity index (χ4v) is 6.83. The highest BCUT2D eigenvalue weighted by atomic mass is 79.9. The van der Waals surface area contributed by atoms with Crippen molar-refractivity contribution in [3.8, 4) is 5.75 Å². The van der Waals surface area contributed by atoms with E-state index in [9.17, 15) is 22.4 Å². The van der Waals surface area contributed by atoms with Gasteiger partial charge >= 0.3 is 0 Å². The highest BCUT2D eigenvalue weighted by Crippen LogP contribution is 2.27. The second kappa shape index (κ2) is 16.6. The van der Waals surface area contributed by atoms with E-state index in [4.69, 9.17) is 4.74 Å². The number of amides is 2. The van der Waals surface area contributed by atoms with E-state index < -0.39 is 34.3 Å². The number of ether oxygens (including phenoxy) is 1. The van der Waals surface area contributed by atoms with Crippen molar-refractivity contribution in [1.82, 2.24) is 10.2 Å². The molecule has 0 heterocycles. The molecule has 0 spiro atoms. The lowest BCUT2D eigenvalue weighted by Crippen LogP contribution is -2.54. The molecule has 0 aliphatic rings. The van der Waals surface area contributed by atoms with Crippen LogP contribution in [0.25, 0.3) is 0 Å². The van der Waals surface area contributed by atoms with Gasteiger partial charge in [-0.1, -0.05) is 65.3 Å². The molecular weight excluding hydrogens is 685 g/mol. The summed E-state index contributed by atoms with van der Waals surface area (Å²) in [6, 6.07) is 26.4. The summed E-state index contributed by atoms with van der Waals surface area (Å²) in [7, 11) is -4.36. The number of hydrogen-bond donors (Lipinski definition) is 1. The Hall–Kier alpha value is -4.22. The molecule has 2 unspecified atom stereocenters. The third-order valence-corrected chi connectivity index (χ3v) is 9.91. The summed E-state index contributed by atoms with van der Waals surface area (Å²) >= 11 is 3.49. The fourth-order valence-electron chi connectivity index (χ4n) is 4.96. The van der Waals surface area contributed by atoms with Crippen molar-refractivity contribution in [2.75, 3.05) is 17.5 Å². The standard InChI is InChI=1S/C36H39BrFN3O5S/c1-4-26(3)39-36(43)34(23-27-10-7-6-8-11-27)40(24-28-12-9-13-29(37)22-28)35(42)25-41(31-16-18-32(19-17-31)46-5-2)47(44,45)33-20-14-30(38)15-21-33/h6-22,26,34H,4-5,23-25H2,1-3H3,(H,39,43). The largest absolute Gasteiger partial charge is 0.494 e. The van der Waals surface area contributed by atoms with Crippen LogP contribution in [-0.4, -0.2) is 50.4 Å². The van der Waals surface area contributed by atoms with Crippen molar-refractivity contribution in [1.29, 1.82) is 0 Å². The molecule has 0 aliphatic heterocycles. The zero-order valence-corrected chi connectivity index (χ0v) is 29.0. The maximum absolute atomic E-state index is 14.6. The Kier molecular flexibility index (Phi) is 12.6. The molecule has 4 aromatic rings. The molecular formula is C36H39BrFN3O5S. The van der Waals surface area contributed by atoms with E-state index in [1.54, 1.807) is 24.3 Å². The number of halogens is 2. The average molecular weight is 725 g/mol. The molecule has 4 rings (SSSR count). The Bertz CT molecular complexity index is 1740. The van der Waals surface area contributed by atoms with Gasteiger partial charge in [-0.2, -0.15) is 0 Å². The molecule has 248 valence electrons. The molecule has 11 heteroatoms. The predicted molar refractivity (Wildman–Crippen MR) is 185 cm³/mol. The van der Waals surface area contributed by atoms with Gasteiger partial charge in [0.15, 0.2) is 0 Å². The van der Waals surface area contributed by atoms with Crippen LogP contribution in [0.15, 0.2) is 112 Å². The maximum Gasteiger partial charge on any atom is 0.264 e. The van der Waals surface area contributed by atoms with Gasteiger partial charge in [0.25, 0.3) is 10.0 Å². The number of nitrogens with one attached hydrogen (secondary N) is 1. The second-order valence-corrected chi connectivity index (χ2v) is 13.8. The van der Waals surface area contributed by atoms with Crippen LogP contribution in [0, 0.1) is 5.82 Å². The second-order valence-electron chi connectivity index (χ2n) is 11.1. The van der Waals surface area contributed by atoms with Crippen LogP contribution in [0.4, 0.5) is 10.1 Å². The van der Waals surface area contributed by atoms with Crippen LogP contribution in [0.1, 0.15) is 38.3 Å². The van der Waals surface area contributed by atoms with Gasteiger partial charge in [-0.15, -0.1) is 0 Å². The number of hydrogen-bond acceptors (Lipinski definition) is 5. The Labute approximate surface area is 284 Å². The third kappa shape index (κ3) is 9.65. The molecule has 0 fully saturated rings. The minimum absolute atomic E-state index is 0.0391. The lowest BCUT2D eigenvalue weighted by atomic mass is 10.0.